The second kappa shape index (κ2) is 7.11. The Morgan fingerprint density at radius 3 is 2.56 bits per heavy atom. The van der Waals surface area contributed by atoms with Crippen LogP contribution in [-0.2, 0) is 4.79 Å². The molecule has 0 spiro atoms. The molecule has 0 aromatic heterocycles. The summed E-state index contributed by atoms with van der Waals surface area (Å²) in [4.78, 5) is 13.4. The lowest BCUT2D eigenvalue weighted by atomic mass is 10.2. The van der Waals surface area contributed by atoms with E-state index in [-0.39, 0.29) is 11.8 Å². The van der Waals surface area contributed by atoms with E-state index >= 15 is 0 Å². The second-order valence-corrected chi connectivity index (χ2v) is 4.01. The van der Waals surface area contributed by atoms with Crippen molar-refractivity contribution in [2.45, 2.75) is 13.8 Å². The fourth-order valence-electron chi connectivity index (χ4n) is 1.77. The summed E-state index contributed by atoms with van der Waals surface area (Å²) >= 11 is 5.47. The van der Waals surface area contributed by atoms with Crippen LogP contribution in [0.2, 0.25) is 0 Å². The summed E-state index contributed by atoms with van der Waals surface area (Å²) < 4.78 is 5.34. The van der Waals surface area contributed by atoms with Crippen LogP contribution in [0.3, 0.4) is 0 Å². The van der Waals surface area contributed by atoms with Crippen LogP contribution in [0, 0.1) is 0 Å². The molecule has 0 saturated heterocycles. The number of methoxy groups -OCH3 is 1. The van der Waals surface area contributed by atoms with Crippen molar-refractivity contribution >= 4 is 28.9 Å². The number of rotatable bonds is 6. The number of benzene rings is 1. The summed E-state index contributed by atoms with van der Waals surface area (Å²) in [6, 6.07) is 5.55. The smallest absolute Gasteiger partial charge is 0.239 e. The van der Waals surface area contributed by atoms with Crippen LogP contribution in [0.25, 0.3) is 0 Å². The lowest BCUT2D eigenvalue weighted by molar-refractivity contribution is -0.113. The number of amides is 1. The number of nitrogens with one attached hydrogen (secondary N) is 1. The number of ether oxygens (including phenoxy) is 1. The van der Waals surface area contributed by atoms with Crippen LogP contribution in [0.15, 0.2) is 18.2 Å². The maximum Gasteiger partial charge on any atom is 0.239 e. The van der Waals surface area contributed by atoms with Gasteiger partial charge in [-0.3, -0.25) is 4.79 Å². The summed E-state index contributed by atoms with van der Waals surface area (Å²) in [6.07, 6.45) is 0. The van der Waals surface area contributed by atoms with Gasteiger partial charge in [0, 0.05) is 18.8 Å². The normalized spacial score (nSPS) is 10.0. The molecule has 1 rings (SSSR count). The first-order chi connectivity index (χ1) is 8.65. The highest BCUT2D eigenvalue weighted by Gasteiger charge is 2.11. The van der Waals surface area contributed by atoms with Crippen molar-refractivity contribution < 1.29 is 9.53 Å². The predicted molar refractivity (Wildman–Crippen MR) is 75.9 cm³/mol. The number of nitrogens with zero attached hydrogens (tertiary/aromatic N) is 1. The standard InChI is InChI=1S/C13H19ClN2O2/c1-4-16(5-2)11-8-10(15-13(17)9-14)6-7-12(11)18-3/h6-8H,4-5,9H2,1-3H3,(H,15,17). The van der Waals surface area contributed by atoms with Gasteiger partial charge in [0.05, 0.1) is 12.8 Å². The molecule has 18 heavy (non-hydrogen) atoms. The van der Waals surface area contributed by atoms with Crippen LogP contribution < -0.4 is 15.0 Å². The summed E-state index contributed by atoms with van der Waals surface area (Å²) in [5, 5.41) is 2.73. The van der Waals surface area contributed by atoms with E-state index in [9.17, 15) is 4.79 Å². The molecule has 0 aliphatic heterocycles. The molecule has 0 unspecified atom stereocenters. The van der Waals surface area contributed by atoms with Gasteiger partial charge in [-0.25, -0.2) is 0 Å². The molecule has 1 amide bonds. The molecule has 4 nitrogen and oxygen atoms in total. The lowest BCUT2D eigenvalue weighted by Crippen LogP contribution is -2.22. The van der Waals surface area contributed by atoms with E-state index in [1.807, 2.05) is 12.1 Å². The van der Waals surface area contributed by atoms with Gasteiger partial charge < -0.3 is 15.0 Å². The number of alkyl halides is 1. The number of hydrogen-bond donors (Lipinski definition) is 1. The van der Waals surface area contributed by atoms with Crippen LogP contribution in [0.1, 0.15) is 13.8 Å². The van der Waals surface area contributed by atoms with E-state index in [0.29, 0.717) is 0 Å². The van der Waals surface area contributed by atoms with Crippen molar-refractivity contribution in [2.75, 3.05) is 36.3 Å². The highest BCUT2D eigenvalue weighted by atomic mass is 35.5. The molecule has 100 valence electrons. The predicted octanol–water partition coefficient (Wildman–Crippen LogP) is 2.72. The lowest BCUT2D eigenvalue weighted by Gasteiger charge is -2.24. The van der Waals surface area contributed by atoms with Crippen LogP contribution in [0.5, 0.6) is 5.75 Å². The Morgan fingerprint density at radius 2 is 2.06 bits per heavy atom. The van der Waals surface area contributed by atoms with Gasteiger partial charge in [0.25, 0.3) is 0 Å². The van der Waals surface area contributed by atoms with Gasteiger partial charge in [-0.1, -0.05) is 0 Å². The number of carbonyl (C=O) groups is 1. The minimum absolute atomic E-state index is 0.0490. The van der Waals surface area contributed by atoms with Crippen molar-refractivity contribution in [1.82, 2.24) is 0 Å². The SMILES string of the molecule is CCN(CC)c1cc(NC(=O)CCl)ccc1OC. The third kappa shape index (κ3) is 3.53. The summed E-state index contributed by atoms with van der Waals surface area (Å²) in [5.74, 6) is 0.530. The minimum atomic E-state index is -0.215. The topological polar surface area (TPSA) is 41.6 Å². The highest BCUT2D eigenvalue weighted by molar-refractivity contribution is 6.29. The molecule has 1 aromatic carbocycles. The molecular formula is C13H19ClN2O2. The van der Waals surface area contributed by atoms with Crippen molar-refractivity contribution in [2.24, 2.45) is 0 Å². The summed E-state index contributed by atoms with van der Waals surface area (Å²) in [7, 11) is 1.64. The third-order valence-corrected chi connectivity index (χ3v) is 2.93. The van der Waals surface area contributed by atoms with Gasteiger partial charge in [-0.05, 0) is 32.0 Å². The maximum atomic E-state index is 11.3. The maximum absolute atomic E-state index is 11.3. The molecule has 0 radical (unpaired) electrons. The van der Waals surface area contributed by atoms with Crippen molar-refractivity contribution in [3.63, 3.8) is 0 Å². The zero-order valence-corrected chi connectivity index (χ0v) is 11.8. The molecule has 0 bridgehead atoms. The summed E-state index contributed by atoms with van der Waals surface area (Å²) in [6.45, 7) is 5.90. The number of anilines is 2. The number of halogens is 1. The van der Waals surface area contributed by atoms with Crippen molar-refractivity contribution in [3.05, 3.63) is 18.2 Å². The third-order valence-electron chi connectivity index (χ3n) is 2.69. The van der Waals surface area contributed by atoms with Crippen LogP contribution in [-0.4, -0.2) is 32.0 Å². The molecule has 0 aliphatic carbocycles. The Labute approximate surface area is 113 Å². The van der Waals surface area contributed by atoms with Gasteiger partial charge in [-0.2, -0.15) is 0 Å². The Kier molecular flexibility index (Phi) is 5.78. The molecule has 0 saturated carbocycles. The van der Waals surface area contributed by atoms with E-state index in [1.165, 1.54) is 0 Å². The first kappa shape index (κ1) is 14.6. The zero-order valence-electron chi connectivity index (χ0n) is 11.0. The fraction of sp³-hybridized carbons (Fsp3) is 0.462. The first-order valence-corrected chi connectivity index (χ1v) is 6.48. The molecule has 0 heterocycles. The molecular weight excluding hydrogens is 252 g/mol. The van der Waals surface area contributed by atoms with Gasteiger partial charge in [0.2, 0.25) is 5.91 Å². The minimum Gasteiger partial charge on any atom is -0.495 e. The molecule has 0 atom stereocenters. The van der Waals surface area contributed by atoms with Gasteiger partial charge in [0.15, 0.2) is 0 Å². The second-order valence-electron chi connectivity index (χ2n) is 3.74. The molecule has 0 fully saturated rings. The van der Waals surface area contributed by atoms with Gasteiger partial charge >= 0.3 is 0 Å². The van der Waals surface area contributed by atoms with Gasteiger partial charge in [0.1, 0.15) is 11.6 Å². The monoisotopic (exact) mass is 270 g/mol. The van der Waals surface area contributed by atoms with Gasteiger partial charge in [-0.15, -0.1) is 11.6 Å². The Bertz CT molecular complexity index is 406. The average Bonchev–Trinajstić information content (AvgIpc) is 2.40. The Balaban J connectivity index is 3.04. The first-order valence-electron chi connectivity index (χ1n) is 5.95. The fourth-order valence-corrected chi connectivity index (χ4v) is 1.84. The Hall–Kier alpha value is -1.42. The number of carbonyl (C=O) groups excluding carboxylic acids is 1. The van der Waals surface area contributed by atoms with E-state index in [0.717, 1.165) is 30.2 Å². The molecule has 5 heteroatoms. The largest absolute Gasteiger partial charge is 0.495 e. The van der Waals surface area contributed by atoms with Crippen LogP contribution in [0.4, 0.5) is 11.4 Å². The molecule has 0 aliphatic rings. The van der Waals surface area contributed by atoms with Crippen LogP contribution >= 0.6 is 11.6 Å². The molecule has 1 aromatic rings. The Morgan fingerprint density at radius 1 is 1.39 bits per heavy atom. The van der Waals surface area contributed by atoms with E-state index in [2.05, 4.69) is 24.1 Å². The van der Waals surface area contributed by atoms with E-state index < -0.39 is 0 Å². The van der Waals surface area contributed by atoms with E-state index in [4.69, 9.17) is 16.3 Å². The quantitative estimate of drug-likeness (QED) is 0.808. The number of hydrogen-bond acceptors (Lipinski definition) is 3. The summed E-state index contributed by atoms with van der Waals surface area (Å²) in [5.41, 5.74) is 1.69. The molecule has 1 N–H and O–H groups in total. The average molecular weight is 271 g/mol. The van der Waals surface area contributed by atoms with Crippen molar-refractivity contribution in [1.29, 1.82) is 0 Å². The highest BCUT2D eigenvalue weighted by Crippen LogP contribution is 2.31. The zero-order chi connectivity index (χ0) is 13.5. The van der Waals surface area contributed by atoms with E-state index in [1.54, 1.807) is 13.2 Å². The van der Waals surface area contributed by atoms with Crippen molar-refractivity contribution in [3.8, 4) is 5.75 Å².